The quantitative estimate of drug-likeness (QED) is 0.567. The van der Waals surface area contributed by atoms with Crippen LogP contribution in [0.25, 0.3) is 0 Å². The second-order valence-electron chi connectivity index (χ2n) is 8.72. The molecule has 5 rings (SSSR count). The van der Waals surface area contributed by atoms with Gasteiger partial charge in [-0.2, -0.15) is 0 Å². The molecule has 0 amide bonds. The molecule has 24 heavy (non-hydrogen) atoms. The largest absolute Gasteiger partial charge is 0.481 e. The van der Waals surface area contributed by atoms with Gasteiger partial charge in [-0.15, -0.1) is 0 Å². The predicted octanol–water partition coefficient (Wildman–Crippen LogP) is 1.91. The van der Waals surface area contributed by atoms with Gasteiger partial charge in [0.05, 0.1) is 12.0 Å². The van der Waals surface area contributed by atoms with Crippen LogP contribution in [0.3, 0.4) is 0 Å². The van der Waals surface area contributed by atoms with Gasteiger partial charge in [0, 0.05) is 11.8 Å². The maximum atomic E-state index is 12.7. The molecule has 1 aliphatic heterocycles. The van der Waals surface area contributed by atoms with Crippen LogP contribution >= 0.6 is 0 Å². The van der Waals surface area contributed by atoms with E-state index < -0.39 is 46.3 Å². The molecule has 0 aromatic heterocycles. The summed E-state index contributed by atoms with van der Waals surface area (Å²) >= 11 is 0. The Morgan fingerprint density at radius 2 is 2.17 bits per heavy atom. The van der Waals surface area contributed by atoms with Crippen LogP contribution in [-0.2, 0) is 14.3 Å². The van der Waals surface area contributed by atoms with Crippen molar-refractivity contribution < 1.29 is 24.5 Å². The molecular weight excluding hydrogens is 308 g/mol. The highest BCUT2D eigenvalue weighted by Gasteiger charge is 2.82. The van der Waals surface area contributed by atoms with Crippen molar-refractivity contribution in [1.82, 2.24) is 0 Å². The number of aliphatic carboxylic acids is 1. The zero-order valence-corrected chi connectivity index (χ0v) is 13.7. The SMILES string of the molecule is C=C1C[C@]23C[C@H]1CCC2[C@@]12C=C[C@H](O)[C@](C)(C(=O)O1)C2[C@@H]3C(=O)O. The van der Waals surface area contributed by atoms with Crippen molar-refractivity contribution in [2.75, 3.05) is 0 Å². The van der Waals surface area contributed by atoms with Gasteiger partial charge in [-0.25, -0.2) is 0 Å². The molecule has 1 spiro atoms. The van der Waals surface area contributed by atoms with Gasteiger partial charge in [0.1, 0.15) is 11.0 Å². The van der Waals surface area contributed by atoms with Crippen LogP contribution in [0.15, 0.2) is 24.3 Å². The van der Waals surface area contributed by atoms with Crippen molar-refractivity contribution in [2.24, 2.45) is 34.5 Å². The molecule has 4 fully saturated rings. The van der Waals surface area contributed by atoms with Crippen molar-refractivity contribution in [2.45, 2.75) is 44.3 Å². The summed E-state index contributed by atoms with van der Waals surface area (Å²) in [5, 5.41) is 20.7. The zero-order chi connectivity index (χ0) is 17.1. The molecule has 8 atom stereocenters. The summed E-state index contributed by atoms with van der Waals surface area (Å²) in [5.41, 5.74) is -1.30. The van der Waals surface area contributed by atoms with E-state index in [2.05, 4.69) is 6.58 Å². The third-order valence-electron chi connectivity index (χ3n) is 8.02. The fourth-order valence-electron chi connectivity index (χ4n) is 7.14. The summed E-state index contributed by atoms with van der Waals surface area (Å²) in [7, 11) is 0. The summed E-state index contributed by atoms with van der Waals surface area (Å²) in [5.74, 6) is -2.12. The fourth-order valence-corrected chi connectivity index (χ4v) is 7.14. The van der Waals surface area contributed by atoms with Gasteiger partial charge >= 0.3 is 11.9 Å². The van der Waals surface area contributed by atoms with E-state index in [9.17, 15) is 19.8 Å². The number of allylic oxidation sites excluding steroid dienone is 1. The topological polar surface area (TPSA) is 83.8 Å². The summed E-state index contributed by atoms with van der Waals surface area (Å²) in [6.45, 7) is 5.88. The predicted molar refractivity (Wildman–Crippen MR) is 83.7 cm³/mol. The van der Waals surface area contributed by atoms with E-state index in [1.54, 1.807) is 13.0 Å². The Morgan fingerprint density at radius 1 is 1.42 bits per heavy atom. The number of aliphatic hydroxyl groups is 1. The first-order chi connectivity index (χ1) is 11.3. The van der Waals surface area contributed by atoms with Gasteiger partial charge in [0.15, 0.2) is 0 Å². The van der Waals surface area contributed by atoms with Crippen LogP contribution in [0, 0.1) is 34.5 Å². The molecule has 0 radical (unpaired) electrons. The average Bonchev–Trinajstić information content (AvgIpc) is 2.98. The van der Waals surface area contributed by atoms with Crippen LogP contribution in [0.1, 0.15) is 32.6 Å². The van der Waals surface area contributed by atoms with Crippen LogP contribution in [0.4, 0.5) is 0 Å². The summed E-state index contributed by atoms with van der Waals surface area (Å²) in [6.07, 6.45) is 5.83. The lowest BCUT2D eigenvalue weighted by Gasteiger charge is -2.42. The Hall–Kier alpha value is -1.62. The van der Waals surface area contributed by atoms with Crippen molar-refractivity contribution in [3.05, 3.63) is 24.3 Å². The van der Waals surface area contributed by atoms with Crippen LogP contribution in [0.2, 0.25) is 0 Å². The lowest BCUT2D eigenvalue weighted by molar-refractivity contribution is -0.161. The van der Waals surface area contributed by atoms with Crippen molar-refractivity contribution in [1.29, 1.82) is 0 Å². The third kappa shape index (κ3) is 1.25. The van der Waals surface area contributed by atoms with E-state index in [1.165, 1.54) is 0 Å². The number of fused-ring (bicyclic) bond motifs is 1. The number of hydrogen-bond donors (Lipinski definition) is 2. The Bertz CT molecular complexity index is 725. The molecule has 2 unspecified atom stereocenters. The minimum atomic E-state index is -1.18. The van der Waals surface area contributed by atoms with Crippen molar-refractivity contribution >= 4 is 11.9 Å². The molecule has 4 bridgehead atoms. The maximum Gasteiger partial charge on any atom is 0.316 e. The third-order valence-corrected chi connectivity index (χ3v) is 8.02. The number of ether oxygens (including phenoxy) is 1. The van der Waals surface area contributed by atoms with Gasteiger partial charge in [-0.05, 0) is 50.0 Å². The Balaban J connectivity index is 1.78. The monoisotopic (exact) mass is 330 g/mol. The second-order valence-corrected chi connectivity index (χ2v) is 8.72. The molecule has 5 nitrogen and oxygen atoms in total. The first kappa shape index (κ1) is 14.7. The Kier molecular flexibility index (Phi) is 2.42. The van der Waals surface area contributed by atoms with Gasteiger partial charge in [-0.3, -0.25) is 9.59 Å². The van der Waals surface area contributed by atoms with Crippen molar-refractivity contribution in [3.8, 4) is 0 Å². The molecule has 1 saturated heterocycles. The molecule has 0 aromatic rings. The number of carboxylic acid groups (broad SMARTS) is 1. The number of carbonyl (C=O) groups excluding carboxylic acids is 1. The molecule has 1 heterocycles. The molecule has 3 saturated carbocycles. The number of carbonyl (C=O) groups is 2. The van der Waals surface area contributed by atoms with Gasteiger partial charge in [0.25, 0.3) is 0 Å². The zero-order valence-electron chi connectivity index (χ0n) is 13.7. The summed E-state index contributed by atoms with van der Waals surface area (Å²) < 4.78 is 5.92. The summed E-state index contributed by atoms with van der Waals surface area (Å²) in [4.78, 5) is 25.0. The first-order valence-electron chi connectivity index (χ1n) is 8.79. The first-order valence-corrected chi connectivity index (χ1v) is 8.79. The van der Waals surface area contributed by atoms with E-state index >= 15 is 0 Å². The molecule has 128 valence electrons. The lowest BCUT2D eigenvalue weighted by Crippen LogP contribution is -2.50. The average molecular weight is 330 g/mol. The van der Waals surface area contributed by atoms with E-state index in [0.717, 1.165) is 24.8 Å². The molecule has 0 aromatic carbocycles. The summed E-state index contributed by atoms with van der Waals surface area (Å²) in [6, 6.07) is 0. The molecule has 5 aliphatic rings. The highest BCUT2D eigenvalue weighted by Crippen LogP contribution is 2.76. The van der Waals surface area contributed by atoms with Crippen LogP contribution in [-0.4, -0.2) is 33.9 Å². The van der Waals surface area contributed by atoms with E-state index in [4.69, 9.17) is 4.74 Å². The normalized spacial score (nSPS) is 56.8. The molecular formula is C19H22O5. The molecule has 5 heteroatoms. The second kappa shape index (κ2) is 3.96. The fraction of sp³-hybridized carbons (Fsp3) is 0.684. The lowest BCUT2D eigenvalue weighted by atomic mass is 9.61. The Labute approximate surface area is 140 Å². The smallest absolute Gasteiger partial charge is 0.316 e. The number of hydrogen-bond acceptors (Lipinski definition) is 4. The standard InChI is InChI=1S/C19H22O5/c1-9-7-18-8-10(9)3-4-11(18)19-6-5-12(20)17(2,16(23)24-19)14(19)13(18)15(21)22/h5-6,10-14,20H,1,3-4,7-8H2,2H3,(H,21,22)/t10-,11?,12+,13-,14?,17+,18+,19-/m1/s1. The van der Waals surface area contributed by atoms with Gasteiger partial charge < -0.3 is 14.9 Å². The molecule has 4 aliphatic carbocycles. The van der Waals surface area contributed by atoms with E-state index in [-0.39, 0.29) is 5.92 Å². The van der Waals surface area contributed by atoms with Crippen molar-refractivity contribution in [3.63, 3.8) is 0 Å². The number of esters is 1. The van der Waals surface area contributed by atoms with E-state index in [0.29, 0.717) is 12.3 Å². The maximum absolute atomic E-state index is 12.7. The van der Waals surface area contributed by atoms with Crippen LogP contribution in [0.5, 0.6) is 0 Å². The van der Waals surface area contributed by atoms with Crippen LogP contribution < -0.4 is 0 Å². The van der Waals surface area contributed by atoms with Gasteiger partial charge in [-0.1, -0.05) is 18.2 Å². The minimum absolute atomic E-state index is 0.00104. The Morgan fingerprint density at radius 3 is 2.88 bits per heavy atom. The van der Waals surface area contributed by atoms with E-state index in [1.807, 2.05) is 6.08 Å². The highest BCUT2D eigenvalue weighted by molar-refractivity contribution is 5.86. The van der Waals surface area contributed by atoms with Gasteiger partial charge in [0.2, 0.25) is 0 Å². The number of aliphatic hydroxyl groups excluding tert-OH is 1. The highest BCUT2D eigenvalue weighted by atomic mass is 16.6. The number of carboxylic acids is 1. The minimum Gasteiger partial charge on any atom is -0.481 e. The molecule has 2 N–H and O–H groups in total. The number of rotatable bonds is 1.